The van der Waals surface area contributed by atoms with Crippen LogP contribution in [0.1, 0.15) is 21.6 Å². The van der Waals surface area contributed by atoms with Crippen LogP contribution < -0.4 is 0 Å². The van der Waals surface area contributed by atoms with Gasteiger partial charge < -0.3 is 9.84 Å². The Morgan fingerprint density at radius 3 is 3.19 bits per heavy atom. The van der Waals surface area contributed by atoms with Gasteiger partial charge in [-0.1, -0.05) is 0 Å². The van der Waals surface area contributed by atoms with Crippen molar-refractivity contribution in [2.24, 2.45) is 5.29 Å². The van der Waals surface area contributed by atoms with Gasteiger partial charge in [0.25, 0.3) is 0 Å². The van der Waals surface area contributed by atoms with Crippen LogP contribution in [0.2, 0.25) is 0 Å². The Labute approximate surface area is 94.6 Å². The van der Waals surface area contributed by atoms with E-state index < -0.39 is 5.97 Å². The fraction of sp³-hybridized carbons (Fsp3) is 0.500. The summed E-state index contributed by atoms with van der Waals surface area (Å²) in [5, 5.41) is 14.9. The van der Waals surface area contributed by atoms with Crippen molar-refractivity contribution >= 4 is 17.3 Å². The van der Waals surface area contributed by atoms with Gasteiger partial charge in [-0.3, -0.25) is 5.01 Å². The monoisotopic (exact) mass is 243 g/mol. The molecule has 1 fully saturated rings. The van der Waals surface area contributed by atoms with E-state index in [2.05, 4.69) is 10.3 Å². The fourth-order valence-electron chi connectivity index (χ4n) is 1.39. The van der Waals surface area contributed by atoms with Gasteiger partial charge in [-0.2, -0.15) is 0 Å². The Balaban J connectivity index is 2.10. The van der Waals surface area contributed by atoms with Crippen LogP contribution in [0.5, 0.6) is 0 Å². The van der Waals surface area contributed by atoms with E-state index in [0.717, 1.165) is 0 Å². The van der Waals surface area contributed by atoms with Gasteiger partial charge in [0.15, 0.2) is 5.69 Å². The second-order valence-electron chi connectivity index (χ2n) is 3.23. The molecule has 2 heterocycles. The molecule has 86 valence electrons. The quantitative estimate of drug-likeness (QED) is 0.793. The summed E-state index contributed by atoms with van der Waals surface area (Å²) >= 11 is 1.21. The van der Waals surface area contributed by atoms with Crippen molar-refractivity contribution in [3.05, 3.63) is 21.0 Å². The van der Waals surface area contributed by atoms with Crippen LogP contribution in [-0.2, 0) is 4.74 Å². The molecule has 16 heavy (non-hydrogen) atoms. The summed E-state index contributed by atoms with van der Waals surface area (Å²) in [6.45, 7) is 1.16. The summed E-state index contributed by atoms with van der Waals surface area (Å²) in [7, 11) is 0. The van der Waals surface area contributed by atoms with E-state index in [1.807, 2.05) is 0 Å². The number of morpholine rings is 1. The summed E-state index contributed by atoms with van der Waals surface area (Å²) in [4.78, 5) is 24.9. The minimum Gasteiger partial charge on any atom is -0.476 e. The second kappa shape index (κ2) is 4.54. The largest absolute Gasteiger partial charge is 0.476 e. The highest BCUT2D eigenvalue weighted by atomic mass is 32.1. The van der Waals surface area contributed by atoms with Gasteiger partial charge in [0.05, 0.1) is 25.0 Å². The van der Waals surface area contributed by atoms with Crippen LogP contribution in [0.4, 0.5) is 0 Å². The number of aromatic carboxylic acids is 1. The summed E-state index contributed by atoms with van der Waals surface area (Å²) in [6.07, 6.45) is -0.371. The third-order valence-electron chi connectivity index (χ3n) is 2.18. The molecule has 7 nitrogen and oxygen atoms in total. The lowest BCUT2D eigenvalue weighted by molar-refractivity contribution is -0.0300. The number of carboxylic acids is 1. The molecule has 1 aliphatic rings. The number of aromatic nitrogens is 1. The van der Waals surface area contributed by atoms with Gasteiger partial charge in [-0.05, 0) is 0 Å². The molecule has 1 aromatic rings. The number of rotatable bonds is 3. The zero-order valence-corrected chi connectivity index (χ0v) is 9.01. The van der Waals surface area contributed by atoms with Gasteiger partial charge in [-0.15, -0.1) is 16.2 Å². The number of nitroso groups, excluding NO2 is 1. The van der Waals surface area contributed by atoms with Gasteiger partial charge in [0.1, 0.15) is 11.1 Å². The Kier molecular flexibility index (Phi) is 3.11. The first-order valence-electron chi connectivity index (χ1n) is 4.59. The summed E-state index contributed by atoms with van der Waals surface area (Å²) < 4.78 is 5.40. The SMILES string of the molecule is O=NN1CCOC(c2nc(C(=O)O)cs2)C1. The molecular weight excluding hydrogens is 234 g/mol. The molecule has 1 unspecified atom stereocenters. The van der Waals surface area contributed by atoms with Crippen LogP contribution >= 0.6 is 11.3 Å². The number of hydrogen-bond donors (Lipinski definition) is 1. The number of ether oxygens (including phenoxy) is 1. The Morgan fingerprint density at radius 1 is 1.75 bits per heavy atom. The first-order chi connectivity index (χ1) is 7.70. The minimum atomic E-state index is -1.07. The standard InChI is InChI=1S/C8H9N3O4S/c12-8(13)5-4-16-7(9-5)6-3-11(10-14)1-2-15-6/h4,6H,1-3H2,(H,12,13). The first-order valence-corrected chi connectivity index (χ1v) is 5.47. The Hall–Kier alpha value is -1.54. The van der Waals surface area contributed by atoms with Gasteiger partial charge in [-0.25, -0.2) is 9.78 Å². The predicted molar refractivity (Wildman–Crippen MR) is 55.1 cm³/mol. The Bertz CT molecular complexity index is 408. The molecule has 1 aromatic heterocycles. The van der Waals surface area contributed by atoms with E-state index in [0.29, 0.717) is 24.7 Å². The topological polar surface area (TPSA) is 92.1 Å². The number of thiazole rings is 1. The van der Waals surface area contributed by atoms with Crippen LogP contribution in [0.15, 0.2) is 10.7 Å². The first kappa shape index (κ1) is 11.0. The van der Waals surface area contributed by atoms with Gasteiger partial charge in [0.2, 0.25) is 0 Å². The average molecular weight is 243 g/mol. The third kappa shape index (κ3) is 2.17. The van der Waals surface area contributed by atoms with E-state index in [1.54, 1.807) is 0 Å². The lowest BCUT2D eigenvalue weighted by Crippen LogP contribution is -2.34. The van der Waals surface area contributed by atoms with Crippen LogP contribution in [0.25, 0.3) is 0 Å². The maximum atomic E-state index is 10.6. The third-order valence-corrected chi connectivity index (χ3v) is 3.11. The van der Waals surface area contributed by atoms with Crippen molar-refractivity contribution in [2.45, 2.75) is 6.10 Å². The van der Waals surface area contributed by atoms with Crippen molar-refractivity contribution in [2.75, 3.05) is 19.7 Å². The molecule has 1 saturated heterocycles. The van der Waals surface area contributed by atoms with E-state index in [-0.39, 0.29) is 11.8 Å². The summed E-state index contributed by atoms with van der Waals surface area (Å²) in [5.41, 5.74) is -0.000198. The molecule has 0 bridgehead atoms. The van der Waals surface area contributed by atoms with Gasteiger partial charge >= 0.3 is 5.97 Å². The molecule has 0 radical (unpaired) electrons. The Morgan fingerprint density at radius 2 is 2.56 bits per heavy atom. The smallest absolute Gasteiger partial charge is 0.355 e. The molecule has 0 saturated carbocycles. The lowest BCUT2D eigenvalue weighted by atomic mass is 10.3. The normalized spacial score (nSPS) is 20.8. The fourth-order valence-corrected chi connectivity index (χ4v) is 2.22. The maximum Gasteiger partial charge on any atom is 0.355 e. The minimum absolute atomic E-state index is 0.000198. The van der Waals surface area contributed by atoms with Crippen LogP contribution in [0, 0.1) is 4.91 Å². The molecule has 2 rings (SSSR count). The van der Waals surface area contributed by atoms with Crippen molar-refractivity contribution in [1.29, 1.82) is 0 Å². The molecule has 1 N–H and O–H groups in total. The maximum absolute atomic E-state index is 10.6. The molecular formula is C8H9N3O4S. The lowest BCUT2D eigenvalue weighted by Gasteiger charge is -2.27. The zero-order valence-electron chi connectivity index (χ0n) is 8.20. The van der Waals surface area contributed by atoms with E-state index in [9.17, 15) is 9.70 Å². The number of nitrogens with zero attached hydrogens (tertiary/aromatic N) is 3. The highest BCUT2D eigenvalue weighted by Crippen LogP contribution is 2.25. The molecule has 0 amide bonds. The van der Waals surface area contributed by atoms with E-state index in [1.165, 1.54) is 21.7 Å². The highest BCUT2D eigenvalue weighted by molar-refractivity contribution is 7.09. The highest BCUT2D eigenvalue weighted by Gasteiger charge is 2.25. The van der Waals surface area contributed by atoms with Gasteiger partial charge in [0, 0.05) is 5.38 Å². The average Bonchev–Trinajstić information content (AvgIpc) is 2.78. The molecule has 1 atom stereocenters. The van der Waals surface area contributed by atoms with E-state index in [4.69, 9.17) is 9.84 Å². The number of carbonyl (C=O) groups is 1. The molecule has 0 aliphatic carbocycles. The predicted octanol–water partition coefficient (Wildman–Crippen LogP) is 0.896. The molecule has 1 aliphatic heterocycles. The van der Waals surface area contributed by atoms with Crippen molar-refractivity contribution in [3.63, 3.8) is 0 Å². The zero-order chi connectivity index (χ0) is 11.5. The molecule has 0 spiro atoms. The van der Waals surface area contributed by atoms with E-state index >= 15 is 0 Å². The summed E-state index contributed by atoms with van der Waals surface area (Å²) in [5.74, 6) is -1.07. The van der Waals surface area contributed by atoms with Crippen molar-refractivity contribution in [1.82, 2.24) is 9.99 Å². The van der Waals surface area contributed by atoms with Crippen LogP contribution in [0.3, 0.4) is 0 Å². The van der Waals surface area contributed by atoms with Crippen LogP contribution in [-0.4, -0.2) is 40.8 Å². The number of carboxylic acid groups (broad SMARTS) is 1. The number of hydrogen-bond acceptors (Lipinski definition) is 6. The summed E-state index contributed by atoms with van der Waals surface area (Å²) in [6, 6.07) is 0. The molecule has 8 heteroatoms. The van der Waals surface area contributed by atoms with Crippen molar-refractivity contribution < 1.29 is 14.6 Å². The van der Waals surface area contributed by atoms with Crippen molar-refractivity contribution in [3.8, 4) is 0 Å². The molecule has 0 aromatic carbocycles. The second-order valence-corrected chi connectivity index (χ2v) is 4.12.